The Morgan fingerprint density at radius 1 is 1.14 bits per heavy atom. The monoisotopic (exact) mass is 306 g/mol. The number of rotatable bonds is 4. The van der Waals surface area contributed by atoms with Gasteiger partial charge in [0.1, 0.15) is 11.9 Å². The average molecular weight is 306 g/mol. The Morgan fingerprint density at radius 3 is 2.32 bits per heavy atom. The second-order valence-electron chi connectivity index (χ2n) is 4.82. The third-order valence-corrected chi connectivity index (χ3v) is 3.18. The Balaban J connectivity index is 1.97. The first-order chi connectivity index (χ1) is 10.4. The van der Waals surface area contributed by atoms with Gasteiger partial charge in [-0.2, -0.15) is 18.4 Å². The smallest absolute Gasteiger partial charge is 0.368 e. The lowest BCUT2D eigenvalue weighted by atomic mass is 9.99. The third-order valence-electron chi connectivity index (χ3n) is 3.18. The van der Waals surface area contributed by atoms with E-state index in [1.54, 1.807) is 6.07 Å². The molecule has 0 radical (unpaired) electrons. The number of aromatic nitrogens is 2. The summed E-state index contributed by atoms with van der Waals surface area (Å²) in [5.41, 5.74) is 0.359. The second-order valence-corrected chi connectivity index (χ2v) is 4.82. The molecule has 1 aromatic carbocycles. The molecule has 1 heterocycles. The van der Waals surface area contributed by atoms with Crippen molar-refractivity contribution >= 4 is 5.82 Å². The first kappa shape index (κ1) is 15.8. The number of alkyl halides is 3. The zero-order valence-electron chi connectivity index (χ0n) is 11.7. The number of anilines is 1. The fraction of sp³-hybridized carbons (Fsp3) is 0.267. The fourth-order valence-electron chi connectivity index (χ4n) is 1.86. The summed E-state index contributed by atoms with van der Waals surface area (Å²) in [5, 5.41) is 19.2. The minimum atomic E-state index is -4.32. The van der Waals surface area contributed by atoms with Crippen LogP contribution in [0.25, 0.3) is 0 Å². The maximum absolute atomic E-state index is 12.5. The lowest BCUT2D eigenvalue weighted by Crippen LogP contribution is -2.12. The van der Waals surface area contributed by atoms with E-state index in [0.29, 0.717) is 12.4 Å². The summed E-state index contributed by atoms with van der Waals surface area (Å²) >= 11 is 0. The molecule has 0 fully saturated rings. The number of halogens is 3. The third kappa shape index (κ3) is 3.95. The van der Waals surface area contributed by atoms with E-state index in [9.17, 15) is 13.2 Å². The molecule has 0 bridgehead atoms. The number of hydrogen-bond acceptors (Lipinski definition) is 4. The van der Waals surface area contributed by atoms with Crippen molar-refractivity contribution < 1.29 is 13.2 Å². The predicted octanol–water partition coefficient (Wildman–Crippen LogP) is 3.58. The second kappa shape index (κ2) is 6.43. The van der Waals surface area contributed by atoms with E-state index in [-0.39, 0.29) is 11.6 Å². The van der Waals surface area contributed by atoms with Gasteiger partial charge in [0.15, 0.2) is 5.69 Å². The molecule has 0 saturated heterocycles. The van der Waals surface area contributed by atoms with Crippen LogP contribution in [0.5, 0.6) is 0 Å². The highest BCUT2D eigenvalue weighted by atomic mass is 19.4. The van der Waals surface area contributed by atoms with Crippen LogP contribution in [0.4, 0.5) is 19.0 Å². The largest absolute Gasteiger partial charge is 0.416 e. The molecule has 114 valence electrons. The molecule has 4 nitrogen and oxygen atoms in total. The number of nitrogens with zero attached hydrogens (tertiary/aromatic N) is 3. The summed E-state index contributed by atoms with van der Waals surface area (Å²) in [5.74, 6) is 0.512. The summed E-state index contributed by atoms with van der Waals surface area (Å²) in [6.45, 7) is 2.39. The maximum Gasteiger partial charge on any atom is 0.416 e. The molecule has 0 aliphatic rings. The Bertz CT molecular complexity index is 657. The number of nitriles is 1. The van der Waals surface area contributed by atoms with Crippen molar-refractivity contribution in [2.24, 2.45) is 0 Å². The highest BCUT2D eigenvalue weighted by molar-refractivity contribution is 5.36. The van der Waals surface area contributed by atoms with Crippen molar-refractivity contribution in [3.63, 3.8) is 0 Å². The van der Waals surface area contributed by atoms with Crippen molar-refractivity contribution in [3.05, 3.63) is 53.2 Å². The van der Waals surface area contributed by atoms with Crippen LogP contribution in [-0.2, 0) is 6.18 Å². The Morgan fingerprint density at radius 2 is 1.82 bits per heavy atom. The van der Waals surface area contributed by atoms with Gasteiger partial charge >= 0.3 is 6.18 Å². The van der Waals surface area contributed by atoms with E-state index in [1.807, 2.05) is 13.0 Å². The molecular weight excluding hydrogens is 293 g/mol. The number of nitrogens with one attached hydrogen (secondary N) is 1. The Labute approximate surface area is 125 Å². The van der Waals surface area contributed by atoms with Crippen molar-refractivity contribution in [2.75, 3.05) is 11.9 Å². The van der Waals surface area contributed by atoms with Crippen LogP contribution in [0.2, 0.25) is 0 Å². The fourth-order valence-corrected chi connectivity index (χ4v) is 1.86. The molecule has 1 N–H and O–H groups in total. The van der Waals surface area contributed by atoms with Crippen LogP contribution < -0.4 is 5.32 Å². The van der Waals surface area contributed by atoms with Crippen molar-refractivity contribution in [3.8, 4) is 6.07 Å². The molecule has 1 aromatic heterocycles. The molecule has 0 aliphatic heterocycles. The zero-order chi connectivity index (χ0) is 16.2. The summed E-state index contributed by atoms with van der Waals surface area (Å²) in [6.07, 6.45) is -4.32. The van der Waals surface area contributed by atoms with Gasteiger partial charge < -0.3 is 5.32 Å². The van der Waals surface area contributed by atoms with E-state index in [4.69, 9.17) is 5.26 Å². The first-order valence-electron chi connectivity index (χ1n) is 6.55. The van der Waals surface area contributed by atoms with E-state index in [2.05, 4.69) is 15.5 Å². The van der Waals surface area contributed by atoms with E-state index >= 15 is 0 Å². The molecule has 1 unspecified atom stereocenters. The van der Waals surface area contributed by atoms with E-state index in [0.717, 1.165) is 17.7 Å². The van der Waals surface area contributed by atoms with Crippen molar-refractivity contribution in [1.82, 2.24) is 10.2 Å². The minimum absolute atomic E-state index is 0.000253. The minimum Gasteiger partial charge on any atom is -0.368 e. The lowest BCUT2D eigenvalue weighted by Gasteiger charge is -2.14. The van der Waals surface area contributed by atoms with Crippen LogP contribution in [0, 0.1) is 11.3 Å². The van der Waals surface area contributed by atoms with Gasteiger partial charge in [-0.1, -0.05) is 19.1 Å². The molecule has 0 aliphatic carbocycles. The van der Waals surface area contributed by atoms with E-state index < -0.39 is 11.7 Å². The molecule has 7 heteroatoms. The topological polar surface area (TPSA) is 61.6 Å². The van der Waals surface area contributed by atoms with Crippen LogP contribution in [0.3, 0.4) is 0 Å². The average Bonchev–Trinajstić information content (AvgIpc) is 2.52. The normalized spacial score (nSPS) is 12.5. The van der Waals surface area contributed by atoms with Crippen LogP contribution in [-0.4, -0.2) is 16.7 Å². The highest BCUT2D eigenvalue weighted by Crippen LogP contribution is 2.30. The van der Waals surface area contributed by atoms with Gasteiger partial charge in [0.2, 0.25) is 0 Å². The standard InChI is InChI=1S/C15H13F3N4/c1-10(9-20-14-7-6-13(8-19)21-22-14)11-2-4-12(5-3-11)15(16,17)18/h2-7,10H,9H2,1H3,(H,20,22). The van der Waals surface area contributed by atoms with Crippen LogP contribution in [0.15, 0.2) is 36.4 Å². The summed E-state index contributed by atoms with van der Waals surface area (Å²) < 4.78 is 37.5. The van der Waals surface area contributed by atoms with Crippen molar-refractivity contribution in [1.29, 1.82) is 5.26 Å². The van der Waals surface area contributed by atoms with Gasteiger partial charge in [0.25, 0.3) is 0 Å². The molecule has 0 amide bonds. The van der Waals surface area contributed by atoms with Crippen LogP contribution >= 0.6 is 0 Å². The maximum atomic E-state index is 12.5. The van der Waals surface area contributed by atoms with Crippen LogP contribution in [0.1, 0.15) is 29.7 Å². The summed E-state index contributed by atoms with van der Waals surface area (Å²) in [4.78, 5) is 0. The van der Waals surface area contributed by atoms with Gasteiger partial charge in [-0.05, 0) is 35.7 Å². The molecule has 0 spiro atoms. The van der Waals surface area contributed by atoms with Crippen molar-refractivity contribution in [2.45, 2.75) is 19.0 Å². The Hall–Kier alpha value is -2.62. The first-order valence-corrected chi connectivity index (χ1v) is 6.55. The molecule has 1 atom stereocenters. The lowest BCUT2D eigenvalue weighted by molar-refractivity contribution is -0.137. The van der Waals surface area contributed by atoms with Gasteiger partial charge in [-0.3, -0.25) is 0 Å². The summed E-state index contributed by atoms with van der Waals surface area (Å²) in [6, 6.07) is 10.1. The predicted molar refractivity (Wildman–Crippen MR) is 75.1 cm³/mol. The summed E-state index contributed by atoms with van der Waals surface area (Å²) in [7, 11) is 0. The quantitative estimate of drug-likeness (QED) is 0.938. The number of benzene rings is 1. The molecule has 2 rings (SSSR count). The van der Waals surface area contributed by atoms with Gasteiger partial charge in [0.05, 0.1) is 5.56 Å². The molecule has 0 saturated carbocycles. The van der Waals surface area contributed by atoms with Gasteiger partial charge in [0, 0.05) is 6.54 Å². The SMILES string of the molecule is CC(CNc1ccc(C#N)nn1)c1ccc(C(F)(F)F)cc1. The molecule has 2 aromatic rings. The van der Waals surface area contributed by atoms with Gasteiger partial charge in [-0.25, -0.2) is 0 Å². The molecular formula is C15H13F3N4. The molecule has 22 heavy (non-hydrogen) atoms. The Kier molecular flexibility index (Phi) is 4.61. The number of hydrogen-bond donors (Lipinski definition) is 1. The highest BCUT2D eigenvalue weighted by Gasteiger charge is 2.30. The van der Waals surface area contributed by atoms with Gasteiger partial charge in [-0.15, -0.1) is 10.2 Å². The zero-order valence-corrected chi connectivity index (χ0v) is 11.7. The van der Waals surface area contributed by atoms with E-state index in [1.165, 1.54) is 18.2 Å².